The van der Waals surface area contributed by atoms with Gasteiger partial charge in [-0.1, -0.05) is 23.9 Å². The SMILES string of the molecule is CC(Sc1nc2ccccc2c(=O)n1CCCO)C(=O)N1CCCC1. The van der Waals surface area contributed by atoms with E-state index in [1.54, 1.807) is 10.6 Å². The lowest BCUT2D eigenvalue weighted by Crippen LogP contribution is -2.34. The van der Waals surface area contributed by atoms with Gasteiger partial charge < -0.3 is 10.0 Å². The van der Waals surface area contributed by atoms with E-state index < -0.39 is 0 Å². The Morgan fingerprint density at radius 2 is 2.04 bits per heavy atom. The van der Waals surface area contributed by atoms with E-state index in [2.05, 4.69) is 4.98 Å². The van der Waals surface area contributed by atoms with E-state index >= 15 is 0 Å². The van der Waals surface area contributed by atoms with Crippen LogP contribution in [0.25, 0.3) is 10.9 Å². The van der Waals surface area contributed by atoms with Gasteiger partial charge in [0.05, 0.1) is 16.2 Å². The Bertz CT molecular complexity index is 815. The van der Waals surface area contributed by atoms with E-state index in [9.17, 15) is 9.59 Å². The molecule has 0 saturated carbocycles. The van der Waals surface area contributed by atoms with Crippen LogP contribution in [0.2, 0.25) is 0 Å². The van der Waals surface area contributed by atoms with Gasteiger partial charge in [0.2, 0.25) is 5.91 Å². The molecule has 1 aliphatic heterocycles. The van der Waals surface area contributed by atoms with Crippen molar-refractivity contribution < 1.29 is 9.90 Å². The number of thioether (sulfide) groups is 1. The minimum Gasteiger partial charge on any atom is -0.396 e. The Balaban J connectivity index is 1.92. The van der Waals surface area contributed by atoms with Crippen molar-refractivity contribution in [2.45, 2.75) is 43.1 Å². The number of nitrogens with zero attached hydrogens (tertiary/aromatic N) is 3. The molecule has 25 heavy (non-hydrogen) atoms. The predicted octanol–water partition coefficient (Wildman–Crippen LogP) is 1.88. The van der Waals surface area contributed by atoms with Crippen molar-refractivity contribution in [3.05, 3.63) is 34.6 Å². The molecule has 2 heterocycles. The van der Waals surface area contributed by atoms with Gasteiger partial charge in [-0.2, -0.15) is 0 Å². The lowest BCUT2D eigenvalue weighted by atomic mass is 10.2. The highest BCUT2D eigenvalue weighted by Gasteiger charge is 2.25. The van der Waals surface area contributed by atoms with E-state index in [-0.39, 0.29) is 23.3 Å². The van der Waals surface area contributed by atoms with E-state index in [4.69, 9.17) is 5.11 Å². The van der Waals surface area contributed by atoms with Crippen molar-refractivity contribution in [3.63, 3.8) is 0 Å². The molecule has 6 nitrogen and oxygen atoms in total. The lowest BCUT2D eigenvalue weighted by Gasteiger charge is -2.21. The Morgan fingerprint density at radius 1 is 1.32 bits per heavy atom. The van der Waals surface area contributed by atoms with Crippen molar-refractivity contribution >= 4 is 28.6 Å². The molecule has 0 aliphatic carbocycles. The summed E-state index contributed by atoms with van der Waals surface area (Å²) in [6.07, 6.45) is 2.58. The van der Waals surface area contributed by atoms with Gasteiger partial charge in [0.15, 0.2) is 5.16 Å². The molecule has 0 radical (unpaired) electrons. The largest absolute Gasteiger partial charge is 0.396 e. The maximum absolute atomic E-state index is 12.8. The van der Waals surface area contributed by atoms with Gasteiger partial charge in [-0.25, -0.2) is 4.98 Å². The monoisotopic (exact) mass is 361 g/mol. The molecule has 1 amide bonds. The number of hydrogen-bond donors (Lipinski definition) is 1. The van der Waals surface area contributed by atoms with Gasteiger partial charge in [0.25, 0.3) is 5.56 Å². The highest BCUT2D eigenvalue weighted by molar-refractivity contribution is 8.00. The summed E-state index contributed by atoms with van der Waals surface area (Å²) >= 11 is 1.32. The molecule has 7 heteroatoms. The number of aliphatic hydroxyl groups is 1. The number of benzene rings is 1. The first-order chi connectivity index (χ1) is 12.1. The first-order valence-electron chi connectivity index (χ1n) is 8.67. The zero-order valence-electron chi connectivity index (χ0n) is 14.4. The number of para-hydroxylation sites is 1. The second-order valence-electron chi connectivity index (χ2n) is 6.24. The first-order valence-corrected chi connectivity index (χ1v) is 9.55. The van der Waals surface area contributed by atoms with Crippen LogP contribution in [-0.2, 0) is 11.3 Å². The highest BCUT2D eigenvalue weighted by atomic mass is 32.2. The molecule has 1 atom stereocenters. The van der Waals surface area contributed by atoms with Crippen LogP contribution in [0.4, 0.5) is 0 Å². The Kier molecular flexibility index (Phi) is 5.75. The van der Waals surface area contributed by atoms with Crippen LogP contribution in [0.15, 0.2) is 34.2 Å². The fourth-order valence-electron chi connectivity index (χ4n) is 3.07. The van der Waals surface area contributed by atoms with Crippen molar-refractivity contribution in [3.8, 4) is 0 Å². The maximum atomic E-state index is 12.8. The molecule has 2 aromatic rings. The standard InChI is InChI=1S/C18H23N3O3S/c1-13(16(23)20-9-4-5-10-20)25-18-19-15-8-3-2-7-14(15)17(24)21(18)11-6-12-22/h2-3,7-8,13,22H,4-6,9-12H2,1H3. The second-order valence-corrected chi connectivity index (χ2v) is 7.55. The number of aromatic nitrogens is 2. The lowest BCUT2D eigenvalue weighted by molar-refractivity contribution is -0.129. The number of fused-ring (bicyclic) bond motifs is 1. The van der Waals surface area contributed by atoms with Crippen LogP contribution < -0.4 is 5.56 Å². The highest BCUT2D eigenvalue weighted by Crippen LogP contribution is 2.25. The minimum atomic E-state index is -0.300. The van der Waals surface area contributed by atoms with Crippen molar-refractivity contribution in [2.24, 2.45) is 0 Å². The summed E-state index contributed by atoms with van der Waals surface area (Å²) in [6.45, 7) is 3.88. The molecule has 1 fully saturated rings. The molecule has 0 spiro atoms. The van der Waals surface area contributed by atoms with Gasteiger partial charge in [-0.3, -0.25) is 14.2 Å². The summed E-state index contributed by atoms with van der Waals surface area (Å²) in [6, 6.07) is 7.23. The number of rotatable bonds is 6. The topological polar surface area (TPSA) is 75.4 Å². The zero-order valence-corrected chi connectivity index (χ0v) is 15.2. The number of carbonyl (C=O) groups excluding carboxylic acids is 1. The van der Waals surface area contributed by atoms with E-state index in [0.29, 0.717) is 29.0 Å². The van der Waals surface area contributed by atoms with E-state index in [0.717, 1.165) is 25.9 Å². The van der Waals surface area contributed by atoms with Crippen LogP contribution in [0.1, 0.15) is 26.2 Å². The normalized spacial score (nSPS) is 15.7. The van der Waals surface area contributed by atoms with Crippen LogP contribution in [0.5, 0.6) is 0 Å². The smallest absolute Gasteiger partial charge is 0.262 e. The van der Waals surface area contributed by atoms with Gasteiger partial charge in [0.1, 0.15) is 0 Å². The Morgan fingerprint density at radius 3 is 2.76 bits per heavy atom. The molecule has 3 rings (SSSR count). The molecule has 1 saturated heterocycles. The van der Waals surface area contributed by atoms with Crippen LogP contribution in [0.3, 0.4) is 0 Å². The summed E-state index contributed by atoms with van der Waals surface area (Å²) in [5.41, 5.74) is 0.512. The van der Waals surface area contributed by atoms with Crippen molar-refractivity contribution in [2.75, 3.05) is 19.7 Å². The molecule has 134 valence electrons. The first kappa shape index (κ1) is 17.9. The average molecular weight is 361 g/mol. The summed E-state index contributed by atoms with van der Waals surface area (Å²) in [7, 11) is 0. The Hall–Kier alpha value is -1.86. The number of carbonyl (C=O) groups is 1. The number of hydrogen-bond acceptors (Lipinski definition) is 5. The third-order valence-electron chi connectivity index (χ3n) is 4.41. The van der Waals surface area contributed by atoms with Crippen LogP contribution in [-0.4, -0.2) is 50.4 Å². The molecule has 0 bridgehead atoms. The summed E-state index contributed by atoms with van der Waals surface area (Å²) in [5, 5.41) is 9.93. The quantitative estimate of drug-likeness (QED) is 0.628. The van der Waals surface area contributed by atoms with Gasteiger partial charge >= 0.3 is 0 Å². The van der Waals surface area contributed by atoms with Gasteiger partial charge in [-0.05, 0) is 38.3 Å². The molecular formula is C18H23N3O3S. The van der Waals surface area contributed by atoms with Gasteiger partial charge in [-0.15, -0.1) is 0 Å². The van der Waals surface area contributed by atoms with Gasteiger partial charge in [0, 0.05) is 26.2 Å². The Labute approximate surface area is 150 Å². The number of amides is 1. The minimum absolute atomic E-state index is 0.00559. The zero-order chi connectivity index (χ0) is 17.8. The van der Waals surface area contributed by atoms with E-state index in [1.165, 1.54) is 11.8 Å². The maximum Gasteiger partial charge on any atom is 0.262 e. The van der Waals surface area contributed by atoms with Crippen LogP contribution in [0, 0.1) is 0 Å². The fourth-order valence-corrected chi connectivity index (χ4v) is 4.09. The third-order valence-corrected chi connectivity index (χ3v) is 5.49. The second kappa shape index (κ2) is 8.01. The van der Waals surface area contributed by atoms with Crippen molar-refractivity contribution in [1.82, 2.24) is 14.5 Å². The summed E-state index contributed by atoms with van der Waals surface area (Å²) < 4.78 is 1.58. The molecule has 1 aromatic heterocycles. The molecule has 1 unspecified atom stereocenters. The molecule has 1 N–H and O–H groups in total. The van der Waals surface area contributed by atoms with Crippen LogP contribution >= 0.6 is 11.8 Å². The molecular weight excluding hydrogens is 338 g/mol. The molecule has 1 aromatic carbocycles. The fraction of sp³-hybridized carbons (Fsp3) is 0.500. The number of likely N-dealkylation sites (tertiary alicyclic amines) is 1. The van der Waals surface area contributed by atoms with E-state index in [1.807, 2.05) is 30.0 Å². The van der Waals surface area contributed by atoms with Crippen molar-refractivity contribution in [1.29, 1.82) is 0 Å². The summed E-state index contributed by atoms with van der Waals surface area (Å²) in [5.74, 6) is 0.0959. The summed E-state index contributed by atoms with van der Waals surface area (Å²) in [4.78, 5) is 31.9. The molecule has 1 aliphatic rings. The number of aliphatic hydroxyl groups excluding tert-OH is 1. The predicted molar refractivity (Wildman–Crippen MR) is 98.8 cm³/mol. The third kappa shape index (κ3) is 3.88. The average Bonchev–Trinajstić information content (AvgIpc) is 3.15.